The van der Waals surface area contributed by atoms with E-state index in [0.717, 1.165) is 48.6 Å². The minimum atomic E-state index is 0.959. The number of rotatable bonds is 7. The van der Waals surface area contributed by atoms with Crippen LogP contribution in [0.2, 0.25) is 0 Å². The Morgan fingerprint density at radius 2 is 2.11 bits per heavy atom. The maximum Gasteiger partial charge on any atom is 0.147 e. The SMILES string of the molecule is CCN(CC)CCCNc1ncnc2ccsc12. The van der Waals surface area contributed by atoms with Gasteiger partial charge in [0.15, 0.2) is 0 Å². The Hall–Kier alpha value is -1.20. The van der Waals surface area contributed by atoms with Gasteiger partial charge in [0.25, 0.3) is 0 Å². The molecule has 2 rings (SSSR count). The highest BCUT2D eigenvalue weighted by Gasteiger charge is 2.04. The third kappa shape index (κ3) is 3.17. The summed E-state index contributed by atoms with van der Waals surface area (Å²) in [6.45, 7) is 8.75. The normalized spacial score (nSPS) is 11.3. The van der Waals surface area contributed by atoms with Crippen LogP contribution in [0.4, 0.5) is 5.82 Å². The van der Waals surface area contributed by atoms with Gasteiger partial charge in [-0.15, -0.1) is 11.3 Å². The summed E-state index contributed by atoms with van der Waals surface area (Å²) in [6.07, 6.45) is 2.76. The third-order valence-electron chi connectivity index (χ3n) is 3.08. The number of nitrogens with zero attached hydrogens (tertiary/aromatic N) is 3. The Bertz CT molecular complexity index is 479. The number of anilines is 1. The summed E-state index contributed by atoms with van der Waals surface area (Å²) in [5.74, 6) is 0.967. The molecule has 0 aliphatic rings. The van der Waals surface area contributed by atoms with Crippen LogP contribution in [0.3, 0.4) is 0 Å². The van der Waals surface area contributed by atoms with Gasteiger partial charge in [-0.05, 0) is 37.5 Å². The second kappa shape index (κ2) is 6.66. The molecule has 0 aliphatic heterocycles. The van der Waals surface area contributed by atoms with Crippen LogP contribution in [0, 0.1) is 0 Å². The van der Waals surface area contributed by atoms with Crippen molar-refractivity contribution in [2.45, 2.75) is 20.3 Å². The van der Waals surface area contributed by atoms with E-state index >= 15 is 0 Å². The first-order valence-electron chi connectivity index (χ1n) is 6.49. The van der Waals surface area contributed by atoms with Crippen molar-refractivity contribution in [1.29, 1.82) is 0 Å². The van der Waals surface area contributed by atoms with Gasteiger partial charge in [-0.25, -0.2) is 9.97 Å². The van der Waals surface area contributed by atoms with Gasteiger partial charge in [-0.3, -0.25) is 0 Å². The average molecular weight is 264 g/mol. The molecule has 0 aromatic carbocycles. The molecule has 2 heterocycles. The molecule has 1 N–H and O–H groups in total. The summed E-state index contributed by atoms with van der Waals surface area (Å²) in [6, 6.07) is 2.03. The zero-order valence-corrected chi connectivity index (χ0v) is 11.8. The predicted octanol–water partition coefficient (Wildman–Crippen LogP) is 2.84. The Labute approximate surface area is 112 Å². The quantitative estimate of drug-likeness (QED) is 0.781. The number of thiophene rings is 1. The van der Waals surface area contributed by atoms with Crippen molar-refractivity contribution in [3.8, 4) is 0 Å². The lowest BCUT2D eigenvalue weighted by Gasteiger charge is -2.17. The zero-order chi connectivity index (χ0) is 12.8. The van der Waals surface area contributed by atoms with Crippen molar-refractivity contribution in [1.82, 2.24) is 14.9 Å². The van der Waals surface area contributed by atoms with Crippen molar-refractivity contribution in [3.63, 3.8) is 0 Å². The molecule has 0 spiro atoms. The summed E-state index contributed by atoms with van der Waals surface area (Å²) in [4.78, 5) is 11.0. The first-order chi connectivity index (χ1) is 8.85. The van der Waals surface area contributed by atoms with Crippen LogP contribution in [0.1, 0.15) is 20.3 Å². The smallest absolute Gasteiger partial charge is 0.147 e. The van der Waals surface area contributed by atoms with E-state index in [9.17, 15) is 0 Å². The molecular formula is C13H20N4S. The number of hydrogen-bond acceptors (Lipinski definition) is 5. The zero-order valence-electron chi connectivity index (χ0n) is 11.0. The fraction of sp³-hybridized carbons (Fsp3) is 0.538. The van der Waals surface area contributed by atoms with Crippen molar-refractivity contribution in [3.05, 3.63) is 17.8 Å². The van der Waals surface area contributed by atoms with E-state index in [4.69, 9.17) is 0 Å². The minimum Gasteiger partial charge on any atom is -0.369 e. The number of aromatic nitrogens is 2. The van der Waals surface area contributed by atoms with Crippen LogP contribution in [0.25, 0.3) is 10.2 Å². The standard InChI is InChI=1S/C13H20N4S/c1-3-17(4-2)8-5-7-14-13-12-11(6-9-18-12)15-10-16-13/h6,9-10H,3-5,7-8H2,1-2H3,(H,14,15,16). The molecule has 0 fully saturated rings. The first-order valence-corrected chi connectivity index (χ1v) is 7.37. The number of hydrogen-bond donors (Lipinski definition) is 1. The number of nitrogens with one attached hydrogen (secondary N) is 1. The fourth-order valence-corrected chi connectivity index (χ4v) is 2.78. The van der Waals surface area contributed by atoms with Crippen LogP contribution in [-0.2, 0) is 0 Å². The van der Waals surface area contributed by atoms with Crippen LogP contribution < -0.4 is 5.32 Å². The van der Waals surface area contributed by atoms with E-state index < -0.39 is 0 Å². The van der Waals surface area contributed by atoms with Crippen molar-refractivity contribution in [2.24, 2.45) is 0 Å². The van der Waals surface area contributed by atoms with E-state index in [-0.39, 0.29) is 0 Å². The van der Waals surface area contributed by atoms with E-state index in [1.807, 2.05) is 6.07 Å². The van der Waals surface area contributed by atoms with Crippen molar-refractivity contribution >= 4 is 27.4 Å². The average Bonchev–Trinajstić information content (AvgIpc) is 2.88. The molecule has 0 aliphatic carbocycles. The molecule has 0 saturated carbocycles. The molecule has 5 heteroatoms. The van der Waals surface area contributed by atoms with Gasteiger partial charge in [-0.2, -0.15) is 0 Å². The molecule has 18 heavy (non-hydrogen) atoms. The summed E-state index contributed by atoms with van der Waals surface area (Å²) >= 11 is 1.69. The van der Waals surface area contributed by atoms with Gasteiger partial charge in [-0.1, -0.05) is 13.8 Å². The topological polar surface area (TPSA) is 41.0 Å². The summed E-state index contributed by atoms with van der Waals surface area (Å²) in [5.41, 5.74) is 1.03. The Morgan fingerprint density at radius 1 is 1.28 bits per heavy atom. The van der Waals surface area contributed by atoms with Crippen LogP contribution in [-0.4, -0.2) is 41.0 Å². The van der Waals surface area contributed by atoms with Gasteiger partial charge in [0.05, 0.1) is 10.2 Å². The van der Waals surface area contributed by atoms with Crippen LogP contribution in [0.15, 0.2) is 17.8 Å². The highest BCUT2D eigenvalue weighted by molar-refractivity contribution is 7.17. The molecule has 0 unspecified atom stereocenters. The van der Waals surface area contributed by atoms with Crippen molar-refractivity contribution in [2.75, 3.05) is 31.5 Å². The predicted molar refractivity (Wildman–Crippen MR) is 78.3 cm³/mol. The maximum absolute atomic E-state index is 4.31. The largest absolute Gasteiger partial charge is 0.369 e. The monoisotopic (exact) mass is 264 g/mol. The molecule has 0 radical (unpaired) electrons. The molecule has 0 atom stereocenters. The molecule has 4 nitrogen and oxygen atoms in total. The molecule has 0 bridgehead atoms. The first kappa shape index (κ1) is 13.2. The highest BCUT2D eigenvalue weighted by Crippen LogP contribution is 2.24. The van der Waals surface area contributed by atoms with E-state index in [2.05, 4.69) is 39.4 Å². The van der Waals surface area contributed by atoms with Gasteiger partial charge < -0.3 is 10.2 Å². The molecule has 0 saturated heterocycles. The Balaban J connectivity index is 1.85. The van der Waals surface area contributed by atoms with Crippen LogP contribution in [0.5, 0.6) is 0 Å². The van der Waals surface area contributed by atoms with Gasteiger partial charge >= 0.3 is 0 Å². The summed E-state index contributed by atoms with van der Waals surface area (Å²) in [7, 11) is 0. The van der Waals surface area contributed by atoms with E-state index in [0.29, 0.717) is 0 Å². The van der Waals surface area contributed by atoms with Gasteiger partial charge in [0.2, 0.25) is 0 Å². The summed E-state index contributed by atoms with van der Waals surface area (Å²) in [5, 5.41) is 5.47. The Kier molecular flexibility index (Phi) is 4.90. The highest BCUT2D eigenvalue weighted by atomic mass is 32.1. The van der Waals surface area contributed by atoms with Gasteiger partial charge in [0.1, 0.15) is 12.1 Å². The van der Waals surface area contributed by atoms with Crippen molar-refractivity contribution < 1.29 is 0 Å². The lowest BCUT2D eigenvalue weighted by Crippen LogP contribution is -2.25. The lowest BCUT2D eigenvalue weighted by molar-refractivity contribution is 0.303. The second-order valence-corrected chi connectivity index (χ2v) is 5.08. The van der Waals surface area contributed by atoms with Crippen LogP contribution >= 0.6 is 11.3 Å². The second-order valence-electron chi connectivity index (χ2n) is 4.16. The Morgan fingerprint density at radius 3 is 2.89 bits per heavy atom. The molecular weight excluding hydrogens is 244 g/mol. The molecule has 0 amide bonds. The van der Waals surface area contributed by atoms with E-state index in [1.165, 1.54) is 0 Å². The lowest BCUT2D eigenvalue weighted by atomic mass is 10.3. The maximum atomic E-state index is 4.31. The third-order valence-corrected chi connectivity index (χ3v) is 3.99. The van der Waals surface area contributed by atoms with Gasteiger partial charge in [0, 0.05) is 6.54 Å². The minimum absolute atomic E-state index is 0.959. The molecule has 2 aromatic rings. The summed E-state index contributed by atoms with van der Waals surface area (Å²) < 4.78 is 1.15. The molecule has 2 aromatic heterocycles. The fourth-order valence-electron chi connectivity index (χ4n) is 1.96. The number of fused-ring (bicyclic) bond motifs is 1. The molecule has 98 valence electrons. The van der Waals surface area contributed by atoms with E-state index in [1.54, 1.807) is 17.7 Å².